The van der Waals surface area contributed by atoms with Crippen molar-refractivity contribution in [1.29, 1.82) is 0 Å². The summed E-state index contributed by atoms with van der Waals surface area (Å²) in [7, 11) is -7.70. The molecule has 102 valence electrons. The maximum atomic E-state index is 11.1. The minimum Gasteiger partial charge on any atom is -0.282 e. The molecule has 0 saturated heterocycles. The lowest BCUT2D eigenvalue weighted by molar-refractivity contribution is 0.482. The van der Waals surface area contributed by atoms with Crippen LogP contribution in [0.5, 0.6) is 0 Å². The van der Waals surface area contributed by atoms with Crippen molar-refractivity contribution in [3.8, 4) is 0 Å². The second kappa shape index (κ2) is 5.54. The van der Waals surface area contributed by atoms with Crippen LogP contribution in [0.2, 0.25) is 5.02 Å². The Hall–Kier alpha value is -0.670. The van der Waals surface area contributed by atoms with Gasteiger partial charge in [0, 0.05) is 11.6 Å². The van der Waals surface area contributed by atoms with Crippen molar-refractivity contribution in [2.75, 3.05) is 12.8 Å². The van der Waals surface area contributed by atoms with Gasteiger partial charge in [0.05, 0.1) is 11.2 Å². The molecule has 1 aromatic carbocycles. The van der Waals surface area contributed by atoms with Gasteiger partial charge < -0.3 is 0 Å². The molecule has 0 spiro atoms. The predicted molar refractivity (Wildman–Crippen MR) is 67.8 cm³/mol. The van der Waals surface area contributed by atoms with Gasteiger partial charge in [0.15, 0.2) is 0 Å². The fraction of sp³-hybridized carbons (Fsp3) is 0.333. The Kier molecular flexibility index (Phi) is 4.73. The Bertz CT molecular complexity index is 639. The van der Waals surface area contributed by atoms with Gasteiger partial charge in [-0.25, -0.2) is 13.1 Å². The Morgan fingerprint density at radius 3 is 2.39 bits per heavy atom. The normalized spacial score (nSPS) is 12.6. The third kappa shape index (κ3) is 4.91. The molecule has 0 radical (unpaired) electrons. The van der Waals surface area contributed by atoms with Crippen LogP contribution in [0.3, 0.4) is 0 Å². The third-order valence-corrected chi connectivity index (χ3v) is 3.98. The largest absolute Gasteiger partial charge is 0.294 e. The van der Waals surface area contributed by atoms with Gasteiger partial charge >= 0.3 is 0 Å². The van der Waals surface area contributed by atoms with Crippen molar-refractivity contribution in [2.24, 2.45) is 0 Å². The summed E-state index contributed by atoms with van der Waals surface area (Å²) >= 11 is 5.72. The van der Waals surface area contributed by atoms with Crippen LogP contribution in [0.15, 0.2) is 23.1 Å². The predicted octanol–water partition coefficient (Wildman–Crippen LogP) is 0.678. The maximum absolute atomic E-state index is 11.1. The first-order valence-electron chi connectivity index (χ1n) is 4.80. The van der Waals surface area contributed by atoms with Gasteiger partial charge in [-0.05, 0) is 30.2 Å². The van der Waals surface area contributed by atoms with Crippen LogP contribution in [0.25, 0.3) is 0 Å². The summed E-state index contributed by atoms with van der Waals surface area (Å²) in [5.41, 5.74) is 0.251. The second-order valence-electron chi connectivity index (χ2n) is 3.64. The van der Waals surface area contributed by atoms with Crippen molar-refractivity contribution < 1.29 is 21.4 Å². The molecule has 0 heterocycles. The average molecular weight is 314 g/mol. The zero-order valence-corrected chi connectivity index (χ0v) is 11.8. The summed E-state index contributed by atoms with van der Waals surface area (Å²) in [6, 6.07) is 3.88. The number of benzene rings is 1. The Balaban J connectivity index is 2.97. The smallest absolute Gasteiger partial charge is 0.282 e. The van der Waals surface area contributed by atoms with E-state index < -0.39 is 20.1 Å². The van der Waals surface area contributed by atoms with Crippen molar-refractivity contribution in [1.82, 2.24) is 4.72 Å². The van der Waals surface area contributed by atoms with Gasteiger partial charge in [0.2, 0.25) is 10.0 Å². The number of sulfonamides is 1. The van der Waals surface area contributed by atoms with Crippen molar-refractivity contribution in [3.63, 3.8) is 0 Å². The molecular weight excluding hydrogens is 302 g/mol. The quantitative estimate of drug-likeness (QED) is 0.778. The van der Waals surface area contributed by atoms with E-state index in [1.165, 1.54) is 18.2 Å². The molecule has 0 aliphatic heterocycles. The number of nitrogens with one attached hydrogen (secondary N) is 1. The van der Waals surface area contributed by atoms with Gasteiger partial charge in [0.1, 0.15) is 0 Å². The molecule has 0 aliphatic rings. The minimum atomic E-state index is -4.35. The van der Waals surface area contributed by atoms with Crippen LogP contribution in [-0.4, -0.2) is 34.2 Å². The van der Waals surface area contributed by atoms with Gasteiger partial charge in [-0.15, -0.1) is 0 Å². The van der Waals surface area contributed by atoms with Crippen LogP contribution in [0.4, 0.5) is 0 Å². The van der Waals surface area contributed by atoms with E-state index in [4.69, 9.17) is 16.2 Å². The van der Waals surface area contributed by atoms with E-state index >= 15 is 0 Å². The van der Waals surface area contributed by atoms with Crippen LogP contribution in [0.1, 0.15) is 5.56 Å². The van der Waals surface area contributed by atoms with E-state index in [1.54, 1.807) is 0 Å². The van der Waals surface area contributed by atoms with Crippen molar-refractivity contribution in [3.05, 3.63) is 28.8 Å². The molecule has 0 aliphatic carbocycles. The first-order chi connectivity index (χ1) is 8.09. The third-order valence-electron chi connectivity index (χ3n) is 2.06. The zero-order valence-electron chi connectivity index (χ0n) is 9.42. The molecule has 1 rings (SSSR count). The minimum absolute atomic E-state index is 0.0156. The summed E-state index contributed by atoms with van der Waals surface area (Å²) in [6.07, 6.45) is 1.09. The highest BCUT2D eigenvalue weighted by atomic mass is 35.5. The van der Waals surface area contributed by atoms with Crippen LogP contribution in [-0.2, 0) is 26.6 Å². The molecule has 18 heavy (non-hydrogen) atoms. The Morgan fingerprint density at radius 1 is 1.28 bits per heavy atom. The lowest BCUT2D eigenvalue weighted by Crippen LogP contribution is -2.24. The SMILES string of the molecule is CS(=O)(=O)NCCc1cc(Cl)ccc1S(=O)(=O)O. The highest BCUT2D eigenvalue weighted by Crippen LogP contribution is 2.20. The maximum Gasteiger partial charge on any atom is 0.294 e. The highest BCUT2D eigenvalue weighted by Gasteiger charge is 2.15. The molecule has 6 nitrogen and oxygen atoms in total. The standard InChI is InChI=1S/C9H12ClNO5S2/c1-17(12,13)11-5-4-7-6-8(10)2-3-9(7)18(14,15)16/h2-3,6,11H,4-5H2,1H3,(H,14,15,16). The van der Waals surface area contributed by atoms with Gasteiger partial charge in [-0.3, -0.25) is 4.55 Å². The average Bonchev–Trinajstić information content (AvgIpc) is 2.13. The van der Waals surface area contributed by atoms with E-state index in [2.05, 4.69) is 4.72 Å². The molecule has 0 fully saturated rings. The van der Waals surface area contributed by atoms with Gasteiger partial charge in [-0.1, -0.05) is 11.6 Å². The van der Waals surface area contributed by atoms with Gasteiger partial charge in [-0.2, -0.15) is 8.42 Å². The number of hydrogen-bond acceptors (Lipinski definition) is 4. The molecular formula is C9H12ClNO5S2. The summed E-state index contributed by atoms with van der Waals surface area (Å²) in [5, 5.41) is 0.303. The molecule has 1 aromatic rings. The molecule has 0 aromatic heterocycles. The van der Waals surface area contributed by atoms with Crippen LogP contribution >= 0.6 is 11.6 Å². The summed E-state index contributed by atoms with van der Waals surface area (Å²) in [5.74, 6) is 0. The van der Waals surface area contributed by atoms with Crippen molar-refractivity contribution in [2.45, 2.75) is 11.3 Å². The Labute approximate surface area is 111 Å². The lowest BCUT2D eigenvalue weighted by atomic mass is 10.1. The molecule has 0 saturated carbocycles. The number of halogens is 1. The summed E-state index contributed by atoms with van der Waals surface area (Å²) in [6.45, 7) is 0.0156. The highest BCUT2D eigenvalue weighted by molar-refractivity contribution is 7.88. The van der Waals surface area contributed by atoms with Gasteiger partial charge in [0.25, 0.3) is 10.1 Å². The number of rotatable bonds is 5. The van der Waals surface area contributed by atoms with E-state index in [9.17, 15) is 16.8 Å². The first-order valence-corrected chi connectivity index (χ1v) is 8.51. The molecule has 0 unspecified atom stereocenters. The van der Waals surface area contributed by atoms with E-state index in [1.807, 2.05) is 0 Å². The number of hydrogen-bond donors (Lipinski definition) is 2. The van der Waals surface area contributed by atoms with Crippen LogP contribution in [0, 0.1) is 0 Å². The molecule has 0 bridgehead atoms. The topological polar surface area (TPSA) is 101 Å². The first kappa shape index (κ1) is 15.4. The fourth-order valence-corrected chi connectivity index (χ4v) is 2.77. The summed E-state index contributed by atoms with van der Waals surface area (Å²) in [4.78, 5) is -0.276. The van der Waals surface area contributed by atoms with Crippen LogP contribution < -0.4 is 4.72 Å². The van der Waals surface area contributed by atoms with Crippen molar-refractivity contribution >= 4 is 31.7 Å². The van der Waals surface area contributed by atoms with E-state index in [0.717, 1.165) is 6.26 Å². The lowest BCUT2D eigenvalue weighted by Gasteiger charge is -2.08. The monoisotopic (exact) mass is 313 g/mol. The fourth-order valence-electron chi connectivity index (χ4n) is 1.37. The second-order valence-corrected chi connectivity index (χ2v) is 7.30. The van der Waals surface area contributed by atoms with E-state index in [-0.39, 0.29) is 23.4 Å². The molecule has 9 heteroatoms. The summed E-state index contributed by atoms with van der Waals surface area (Å²) < 4.78 is 55.2. The molecule has 0 amide bonds. The van der Waals surface area contributed by atoms with E-state index in [0.29, 0.717) is 5.02 Å². The zero-order chi connectivity index (χ0) is 14.0. The Morgan fingerprint density at radius 2 is 1.89 bits per heavy atom. The molecule has 2 N–H and O–H groups in total. The molecule has 0 atom stereocenters.